The molecule has 176 valence electrons. The van der Waals surface area contributed by atoms with Crippen LogP contribution in [-0.4, -0.2) is 20.5 Å². The maximum absolute atomic E-state index is 12.0. The Kier molecular flexibility index (Phi) is 7.43. The molecule has 34 heavy (non-hydrogen) atoms. The highest BCUT2D eigenvalue weighted by Gasteiger charge is 2.18. The van der Waals surface area contributed by atoms with E-state index < -0.39 is 5.97 Å². The highest BCUT2D eigenvalue weighted by Crippen LogP contribution is 2.30. The first kappa shape index (κ1) is 23.7. The van der Waals surface area contributed by atoms with E-state index in [0.717, 1.165) is 59.4 Å². The van der Waals surface area contributed by atoms with Gasteiger partial charge in [0.15, 0.2) is 0 Å². The summed E-state index contributed by atoms with van der Waals surface area (Å²) in [6.07, 6.45) is 5.89. The number of hydrogen-bond donors (Lipinski definition) is 1. The molecule has 2 heterocycles. The van der Waals surface area contributed by atoms with E-state index in [4.69, 9.17) is 9.72 Å². The van der Waals surface area contributed by atoms with Crippen LogP contribution < -0.4 is 0 Å². The number of benzene rings is 2. The van der Waals surface area contributed by atoms with Crippen molar-refractivity contribution in [1.29, 1.82) is 0 Å². The number of unbranched alkanes of at least 4 members (excludes halogenated alkanes) is 1. The maximum atomic E-state index is 12.0. The molecular weight excluding hydrogens is 424 g/mol. The van der Waals surface area contributed by atoms with Crippen LogP contribution in [0.1, 0.15) is 72.1 Å². The van der Waals surface area contributed by atoms with Crippen molar-refractivity contribution in [1.82, 2.24) is 9.38 Å². The average Bonchev–Trinajstić information content (AvgIpc) is 3.30. The molecule has 5 heteroatoms. The molecule has 0 amide bonds. The summed E-state index contributed by atoms with van der Waals surface area (Å²) in [7, 11) is 0. The third-order valence-electron chi connectivity index (χ3n) is 6.26. The molecule has 4 rings (SSSR count). The molecule has 1 unspecified atom stereocenters. The van der Waals surface area contributed by atoms with Crippen LogP contribution in [0.25, 0.3) is 16.8 Å². The van der Waals surface area contributed by atoms with Crippen molar-refractivity contribution in [2.45, 2.75) is 59.2 Å². The van der Waals surface area contributed by atoms with E-state index in [1.807, 2.05) is 42.5 Å². The average molecular weight is 457 g/mol. The molecule has 0 saturated heterocycles. The summed E-state index contributed by atoms with van der Waals surface area (Å²) < 4.78 is 8.47. The van der Waals surface area contributed by atoms with Crippen molar-refractivity contribution in [3.63, 3.8) is 0 Å². The van der Waals surface area contributed by atoms with Gasteiger partial charge in [0, 0.05) is 11.9 Å². The Bertz CT molecular complexity index is 1280. The molecule has 0 spiro atoms. The van der Waals surface area contributed by atoms with Crippen molar-refractivity contribution in [3.8, 4) is 11.1 Å². The molecule has 2 aromatic heterocycles. The smallest absolute Gasteiger partial charge is 0.336 e. The zero-order valence-corrected chi connectivity index (χ0v) is 20.1. The van der Waals surface area contributed by atoms with Gasteiger partial charge in [0.25, 0.3) is 0 Å². The van der Waals surface area contributed by atoms with E-state index in [-0.39, 0.29) is 6.10 Å². The van der Waals surface area contributed by atoms with Crippen molar-refractivity contribution in [2.24, 2.45) is 0 Å². The second-order valence-electron chi connectivity index (χ2n) is 8.72. The first-order chi connectivity index (χ1) is 16.5. The summed E-state index contributed by atoms with van der Waals surface area (Å²) in [6, 6.07) is 19.4. The van der Waals surface area contributed by atoms with Crippen molar-refractivity contribution >= 4 is 11.6 Å². The first-order valence-corrected chi connectivity index (χ1v) is 12.0. The number of rotatable bonds is 10. The molecule has 0 bridgehead atoms. The van der Waals surface area contributed by atoms with Gasteiger partial charge < -0.3 is 14.2 Å². The Morgan fingerprint density at radius 3 is 2.59 bits per heavy atom. The molecule has 5 nitrogen and oxygen atoms in total. The van der Waals surface area contributed by atoms with Crippen molar-refractivity contribution in [2.75, 3.05) is 0 Å². The number of aromatic nitrogens is 2. The summed E-state index contributed by atoms with van der Waals surface area (Å²) >= 11 is 0. The molecule has 0 aliphatic rings. The van der Waals surface area contributed by atoms with Gasteiger partial charge in [-0.2, -0.15) is 0 Å². The van der Waals surface area contributed by atoms with E-state index in [1.165, 1.54) is 0 Å². The fraction of sp³-hybridized carbons (Fsp3) is 0.310. The fourth-order valence-electron chi connectivity index (χ4n) is 4.34. The maximum Gasteiger partial charge on any atom is 0.336 e. The predicted molar refractivity (Wildman–Crippen MR) is 135 cm³/mol. The molecule has 0 radical (unpaired) electrons. The highest BCUT2D eigenvalue weighted by molar-refractivity contribution is 5.96. The molecular formula is C29H32N2O3. The highest BCUT2D eigenvalue weighted by atomic mass is 16.5. The third-order valence-corrected chi connectivity index (χ3v) is 6.26. The first-order valence-electron chi connectivity index (χ1n) is 12.0. The van der Waals surface area contributed by atoms with Gasteiger partial charge in [0.2, 0.25) is 0 Å². The normalized spacial score (nSPS) is 12.2. The summed E-state index contributed by atoms with van der Waals surface area (Å²) in [5, 5.41) is 9.87. The zero-order chi connectivity index (χ0) is 24.1. The number of ether oxygens (including phenoxy) is 1. The lowest BCUT2D eigenvalue weighted by atomic mass is 9.95. The SMILES string of the molecule is CCCCc1cn2c(COC(CC)c3ccc(-c4ccccc4)c(C(=O)O)c3)ccc(C)c2n1. The van der Waals surface area contributed by atoms with Gasteiger partial charge in [0.1, 0.15) is 5.65 Å². The van der Waals surface area contributed by atoms with Crippen LogP contribution in [0.15, 0.2) is 66.9 Å². The number of aryl methyl sites for hydroxylation is 2. The van der Waals surface area contributed by atoms with Crippen LogP contribution in [-0.2, 0) is 17.8 Å². The van der Waals surface area contributed by atoms with Crippen LogP contribution in [0.4, 0.5) is 0 Å². The Balaban J connectivity index is 1.59. The monoisotopic (exact) mass is 456 g/mol. The van der Waals surface area contributed by atoms with Crippen LogP contribution in [0.3, 0.4) is 0 Å². The zero-order valence-electron chi connectivity index (χ0n) is 20.1. The van der Waals surface area contributed by atoms with Gasteiger partial charge >= 0.3 is 5.97 Å². The summed E-state index contributed by atoms with van der Waals surface area (Å²) in [4.78, 5) is 16.9. The van der Waals surface area contributed by atoms with E-state index in [9.17, 15) is 9.90 Å². The number of carboxylic acids is 1. The summed E-state index contributed by atoms with van der Waals surface area (Å²) in [6.45, 7) is 6.74. The van der Waals surface area contributed by atoms with Gasteiger partial charge in [-0.1, -0.05) is 68.8 Å². The summed E-state index contributed by atoms with van der Waals surface area (Å²) in [5.41, 5.74) is 7.02. The van der Waals surface area contributed by atoms with Gasteiger partial charge in [-0.05, 0) is 60.6 Å². The Morgan fingerprint density at radius 1 is 1.09 bits per heavy atom. The lowest BCUT2D eigenvalue weighted by Gasteiger charge is -2.19. The second-order valence-corrected chi connectivity index (χ2v) is 8.72. The predicted octanol–water partition coefficient (Wildman–Crippen LogP) is 7.02. The van der Waals surface area contributed by atoms with Crippen molar-refractivity contribution in [3.05, 3.63) is 94.9 Å². The number of pyridine rings is 1. The molecule has 1 N–H and O–H groups in total. The van der Waals surface area contributed by atoms with Gasteiger partial charge in [0.05, 0.1) is 24.0 Å². The Labute approximate surface area is 201 Å². The van der Waals surface area contributed by atoms with Crippen LogP contribution in [0.2, 0.25) is 0 Å². The Hall–Kier alpha value is -3.44. The van der Waals surface area contributed by atoms with Crippen LogP contribution in [0, 0.1) is 6.92 Å². The molecule has 2 aromatic carbocycles. The third kappa shape index (κ3) is 5.05. The van der Waals surface area contributed by atoms with E-state index in [1.54, 1.807) is 6.07 Å². The number of nitrogens with zero attached hydrogens (tertiary/aromatic N) is 2. The fourth-order valence-corrected chi connectivity index (χ4v) is 4.34. The number of carbonyl (C=O) groups is 1. The number of fused-ring (bicyclic) bond motifs is 1. The van der Waals surface area contributed by atoms with E-state index in [2.05, 4.69) is 43.5 Å². The van der Waals surface area contributed by atoms with Crippen LogP contribution >= 0.6 is 0 Å². The topological polar surface area (TPSA) is 63.8 Å². The Morgan fingerprint density at radius 2 is 1.88 bits per heavy atom. The van der Waals surface area contributed by atoms with E-state index in [0.29, 0.717) is 17.7 Å². The minimum Gasteiger partial charge on any atom is -0.478 e. The molecule has 0 fully saturated rings. The largest absolute Gasteiger partial charge is 0.478 e. The lowest BCUT2D eigenvalue weighted by molar-refractivity contribution is 0.0347. The number of hydrogen-bond acceptors (Lipinski definition) is 3. The molecule has 0 aliphatic heterocycles. The lowest BCUT2D eigenvalue weighted by Crippen LogP contribution is -2.08. The van der Waals surface area contributed by atoms with Gasteiger partial charge in [-0.15, -0.1) is 0 Å². The molecule has 0 saturated carbocycles. The number of aromatic carboxylic acids is 1. The molecule has 0 aliphatic carbocycles. The second kappa shape index (κ2) is 10.7. The van der Waals surface area contributed by atoms with Crippen LogP contribution in [0.5, 0.6) is 0 Å². The number of carboxylic acid groups (broad SMARTS) is 1. The minimum absolute atomic E-state index is 0.206. The quantitative estimate of drug-likeness (QED) is 0.278. The van der Waals surface area contributed by atoms with Crippen molar-refractivity contribution < 1.29 is 14.6 Å². The van der Waals surface area contributed by atoms with Gasteiger partial charge in [-0.25, -0.2) is 9.78 Å². The minimum atomic E-state index is -0.936. The standard InChI is InChI=1S/C29H32N2O3/c1-4-6-12-23-18-31-24(15-13-20(3)28(31)30-23)19-34-27(5-2)22-14-16-25(26(17-22)29(32)33)21-10-8-7-9-11-21/h7-11,13-18,27H,4-6,12,19H2,1-3H3,(H,32,33). The van der Waals surface area contributed by atoms with E-state index >= 15 is 0 Å². The van der Waals surface area contributed by atoms with Gasteiger partial charge in [-0.3, -0.25) is 0 Å². The summed E-state index contributed by atoms with van der Waals surface area (Å²) in [5.74, 6) is -0.936. The number of imidazole rings is 1. The molecule has 1 atom stereocenters. The molecule has 4 aromatic rings.